The van der Waals surface area contributed by atoms with Gasteiger partial charge in [-0.15, -0.1) is 0 Å². The number of hydrogen-bond donors (Lipinski definition) is 2. The number of nitrogens with two attached hydrogens (primary N) is 1. The van der Waals surface area contributed by atoms with Gasteiger partial charge in [-0.25, -0.2) is 12.7 Å². The second-order valence-electron chi connectivity index (χ2n) is 2.67. The first kappa shape index (κ1) is 12.8. The normalized spacial score (nSPS) is 12.3. The number of nitrogens with zero attached hydrogens (tertiary/aromatic N) is 1. The van der Waals surface area contributed by atoms with Gasteiger partial charge in [-0.3, -0.25) is 0 Å². The van der Waals surface area contributed by atoms with Crippen molar-refractivity contribution in [3.8, 4) is 0 Å². The number of hydrogen-bond acceptors (Lipinski definition) is 4. The van der Waals surface area contributed by atoms with Gasteiger partial charge in [-0.05, 0) is 6.42 Å². The highest BCUT2D eigenvalue weighted by Gasteiger charge is 2.18. The highest BCUT2D eigenvalue weighted by Crippen LogP contribution is 2.01. The lowest BCUT2D eigenvalue weighted by atomic mass is 10.4. The van der Waals surface area contributed by atoms with Gasteiger partial charge in [0, 0.05) is 26.2 Å². The molecule has 0 heterocycles. The Morgan fingerprint density at radius 3 is 2.46 bits per heavy atom. The van der Waals surface area contributed by atoms with Gasteiger partial charge >= 0.3 is 0 Å². The van der Waals surface area contributed by atoms with Gasteiger partial charge in [-0.2, -0.15) is 0 Å². The Hall–Kier alpha value is -0.170. The van der Waals surface area contributed by atoms with E-state index in [1.165, 1.54) is 4.31 Å². The predicted octanol–water partition coefficient (Wildman–Crippen LogP) is -1.02. The molecular weight excluding hydrogens is 192 g/mol. The van der Waals surface area contributed by atoms with E-state index in [0.29, 0.717) is 19.5 Å². The quantitative estimate of drug-likeness (QED) is 0.563. The Kier molecular flexibility index (Phi) is 6.23. The van der Waals surface area contributed by atoms with Gasteiger partial charge in [-0.1, -0.05) is 6.92 Å². The number of rotatable bonds is 7. The molecule has 0 rings (SSSR count). The summed E-state index contributed by atoms with van der Waals surface area (Å²) in [6, 6.07) is 0. The third kappa shape index (κ3) is 4.56. The first-order valence-corrected chi connectivity index (χ1v) is 5.98. The van der Waals surface area contributed by atoms with E-state index in [0.717, 1.165) is 0 Å². The molecule has 0 aliphatic rings. The second kappa shape index (κ2) is 6.31. The summed E-state index contributed by atoms with van der Waals surface area (Å²) < 4.78 is 24.2. The molecule has 0 radical (unpaired) electrons. The second-order valence-corrected chi connectivity index (χ2v) is 4.76. The molecule has 0 aliphatic heterocycles. The summed E-state index contributed by atoms with van der Waals surface area (Å²) in [7, 11) is -3.20. The molecule has 0 spiro atoms. The Labute approximate surface area is 79.6 Å². The van der Waals surface area contributed by atoms with Gasteiger partial charge in [0.2, 0.25) is 10.0 Å². The Morgan fingerprint density at radius 1 is 1.46 bits per heavy atom. The third-order valence-electron chi connectivity index (χ3n) is 1.69. The van der Waals surface area contributed by atoms with Crippen molar-refractivity contribution in [1.29, 1.82) is 0 Å². The fourth-order valence-corrected chi connectivity index (χ4v) is 2.38. The Bertz CT molecular complexity index is 216. The van der Waals surface area contributed by atoms with Crippen LogP contribution in [-0.4, -0.2) is 49.8 Å². The fourth-order valence-electron chi connectivity index (χ4n) is 1.02. The van der Waals surface area contributed by atoms with Gasteiger partial charge in [0.15, 0.2) is 0 Å². The number of sulfonamides is 1. The van der Waals surface area contributed by atoms with Crippen LogP contribution in [0.5, 0.6) is 0 Å². The zero-order valence-electron chi connectivity index (χ0n) is 7.94. The average Bonchev–Trinajstić information content (AvgIpc) is 2.05. The van der Waals surface area contributed by atoms with Crippen LogP contribution in [0.4, 0.5) is 0 Å². The summed E-state index contributed by atoms with van der Waals surface area (Å²) in [6.45, 7) is 2.72. The van der Waals surface area contributed by atoms with Gasteiger partial charge in [0.25, 0.3) is 0 Å². The van der Waals surface area contributed by atoms with E-state index in [1.54, 1.807) is 6.92 Å². The van der Waals surface area contributed by atoms with Crippen LogP contribution in [-0.2, 0) is 10.0 Å². The zero-order valence-corrected chi connectivity index (χ0v) is 8.76. The smallest absolute Gasteiger partial charge is 0.215 e. The molecule has 0 fully saturated rings. The topological polar surface area (TPSA) is 83.6 Å². The Morgan fingerprint density at radius 2 is 2.08 bits per heavy atom. The first-order valence-electron chi connectivity index (χ1n) is 4.37. The van der Waals surface area contributed by atoms with Crippen LogP contribution in [0.15, 0.2) is 0 Å². The molecule has 0 aromatic heterocycles. The van der Waals surface area contributed by atoms with Crippen molar-refractivity contribution >= 4 is 10.0 Å². The molecule has 13 heavy (non-hydrogen) atoms. The van der Waals surface area contributed by atoms with Crippen molar-refractivity contribution in [3.05, 3.63) is 0 Å². The maximum atomic E-state index is 11.4. The maximum absolute atomic E-state index is 11.4. The molecule has 80 valence electrons. The summed E-state index contributed by atoms with van der Waals surface area (Å²) in [5, 5.41) is 8.56. The number of aliphatic hydroxyl groups is 1. The summed E-state index contributed by atoms with van der Waals surface area (Å²) in [6.07, 6.45) is 0.470. The summed E-state index contributed by atoms with van der Waals surface area (Å²) >= 11 is 0. The summed E-state index contributed by atoms with van der Waals surface area (Å²) in [5.41, 5.74) is 5.18. The molecular formula is C7H18N2O3S. The predicted molar refractivity (Wildman–Crippen MR) is 51.8 cm³/mol. The molecule has 0 saturated carbocycles. The SMILES string of the molecule is CCN(CCCO)S(=O)(=O)CCN. The highest BCUT2D eigenvalue weighted by atomic mass is 32.2. The van der Waals surface area contributed by atoms with E-state index < -0.39 is 10.0 Å². The molecule has 0 bridgehead atoms. The van der Waals surface area contributed by atoms with Crippen LogP contribution in [0.1, 0.15) is 13.3 Å². The van der Waals surface area contributed by atoms with Crippen molar-refractivity contribution in [1.82, 2.24) is 4.31 Å². The standard InChI is InChI=1S/C7H18N2O3S/c1-2-9(5-3-6-10)13(11,12)7-4-8/h10H,2-8H2,1H3. The minimum absolute atomic E-state index is 0.00858. The van der Waals surface area contributed by atoms with Crippen molar-refractivity contribution in [2.24, 2.45) is 5.73 Å². The van der Waals surface area contributed by atoms with E-state index in [1.807, 2.05) is 0 Å². The molecule has 5 nitrogen and oxygen atoms in total. The molecule has 0 saturated heterocycles. The zero-order chi connectivity index (χ0) is 10.3. The number of aliphatic hydroxyl groups excluding tert-OH is 1. The van der Waals surface area contributed by atoms with Crippen LogP contribution < -0.4 is 5.73 Å². The molecule has 0 unspecified atom stereocenters. The van der Waals surface area contributed by atoms with Crippen molar-refractivity contribution in [2.45, 2.75) is 13.3 Å². The lowest BCUT2D eigenvalue weighted by molar-refractivity contribution is 0.271. The first-order chi connectivity index (χ1) is 6.08. The minimum Gasteiger partial charge on any atom is -0.396 e. The van der Waals surface area contributed by atoms with Crippen LogP contribution in [0.25, 0.3) is 0 Å². The molecule has 6 heteroatoms. The average molecular weight is 210 g/mol. The lowest BCUT2D eigenvalue weighted by Crippen LogP contribution is -2.36. The summed E-state index contributed by atoms with van der Waals surface area (Å²) in [4.78, 5) is 0. The van der Waals surface area contributed by atoms with E-state index >= 15 is 0 Å². The van der Waals surface area contributed by atoms with Crippen LogP contribution in [0.2, 0.25) is 0 Å². The minimum atomic E-state index is -3.20. The molecule has 0 aromatic rings. The van der Waals surface area contributed by atoms with E-state index in [4.69, 9.17) is 10.8 Å². The molecule has 0 aliphatic carbocycles. The Balaban J connectivity index is 4.20. The van der Waals surface area contributed by atoms with Crippen LogP contribution >= 0.6 is 0 Å². The van der Waals surface area contributed by atoms with Crippen molar-refractivity contribution < 1.29 is 13.5 Å². The van der Waals surface area contributed by atoms with E-state index in [9.17, 15) is 8.42 Å². The highest BCUT2D eigenvalue weighted by molar-refractivity contribution is 7.89. The lowest BCUT2D eigenvalue weighted by Gasteiger charge is -2.19. The maximum Gasteiger partial charge on any atom is 0.215 e. The van der Waals surface area contributed by atoms with Gasteiger partial charge in [0.1, 0.15) is 0 Å². The van der Waals surface area contributed by atoms with Crippen molar-refractivity contribution in [2.75, 3.05) is 32.0 Å². The van der Waals surface area contributed by atoms with Gasteiger partial charge in [0.05, 0.1) is 5.75 Å². The van der Waals surface area contributed by atoms with Crippen LogP contribution in [0.3, 0.4) is 0 Å². The fraction of sp³-hybridized carbons (Fsp3) is 1.00. The molecule has 0 aromatic carbocycles. The monoisotopic (exact) mass is 210 g/mol. The van der Waals surface area contributed by atoms with Crippen LogP contribution in [0, 0.1) is 0 Å². The van der Waals surface area contributed by atoms with E-state index in [2.05, 4.69) is 0 Å². The largest absolute Gasteiger partial charge is 0.396 e. The third-order valence-corrected chi connectivity index (χ3v) is 3.67. The molecule has 0 atom stereocenters. The van der Waals surface area contributed by atoms with Crippen molar-refractivity contribution in [3.63, 3.8) is 0 Å². The van der Waals surface area contributed by atoms with E-state index in [-0.39, 0.29) is 18.9 Å². The molecule has 3 N–H and O–H groups in total. The summed E-state index contributed by atoms with van der Waals surface area (Å²) in [5.74, 6) is -0.0216. The van der Waals surface area contributed by atoms with Gasteiger partial charge < -0.3 is 10.8 Å². The molecule has 0 amide bonds.